The second-order valence-corrected chi connectivity index (χ2v) is 8.82. The highest BCUT2D eigenvalue weighted by Crippen LogP contribution is 2.28. The lowest BCUT2D eigenvalue weighted by atomic mass is 9.91. The monoisotopic (exact) mass is 312 g/mol. The molecule has 0 aromatic heterocycles. The second kappa shape index (κ2) is 7.47. The molecule has 4 heteroatoms. The smallest absolute Gasteiger partial charge is 0.306 e. The number of hydrogen-bond acceptors (Lipinski definition) is 4. The number of hydrogen-bond donors (Lipinski definition) is 0. The molecule has 22 heavy (non-hydrogen) atoms. The molecule has 0 amide bonds. The summed E-state index contributed by atoms with van der Waals surface area (Å²) in [6.07, 6.45) is 3.78. The summed E-state index contributed by atoms with van der Waals surface area (Å²) in [7, 11) is 0. The van der Waals surface area contributed by atoms with Gasteiger partial charge in [0.15, 0.2) is 0 Å². The quantitative estimate of drug-likeness (QED) is 0.728. The third-order valence-electron chi connectivity index (χ3n) is 3.56. The molecule has 0 saturated heterocycles. The first-order valence-electron chi connectivity index (χ1n) is 8.35. The average Bonchev–Trinajstić information content (AvgIpc) is 2.26. The predicted octanol–water partition coefficient (Wildman–Crippen LogP) is 4.26. The molecule has 0 heterocycles. The highest BCUT2D eigenvalue weighted by atomic mass is 16.6. The lowest BCUT2D eigenvalue weighted by molar-refractivity contribution is -0.174. The van der Waals surface area contributed by atoms with Crippen molar-refractivity contribution in [3.8, 4) is 0 Å². The molecule has 0 bridgehead atoms. The van der Waals surface area contributed by atoms with Crippen LogP contribution in [0.1, 0.15) is 80.1 Å². The van der Waals surface area contributed by atoms with Crippen molar-refractivity contribution >= 4 is 11.9 Å². The van der Waals surface area contributed by atoms with Gasteiger partial charge < -0.3 is 9.47 Å². The van der Waals surface area contributed by atoms with E-state index in [1.807, 2.05) is 41.5 Å². The van der Waals surface area contributed by atoms with Crippen molar-refractivity contribution < 1.29 is 19.1 Å². The molecule has 1 aliphatic carbocycles. The Bertz CT molecular complexity index is 349. The minimum Gasteiger partial charge on any atom is -0.458 e. The Labute approximate surface area is 134 Å². The van der Waals surface area contributed by atoms with Crippen molar-refractivity contribution in [2.75, 3.05) is 0 Å². The number of rotatable bonds is 4. The summed E-state index contributed by atoms with van der Waals surface area (Å²) in [4.78, 5) is 24.0. The number of esters is 2. The van der Waals surface area contributed by atoms with Crippen LogP contribution in [0.5, 0.6) is 0 Å². The maximum absolute atomic E-state index is 12.0. The Hall–Kier alpha value is -1.06. The van der Waals surface area contributed by atoms with Crippen LogP contribution in [0.25, 0.3) is 0 Å². The van der Waals surface area contributed by atoms with Gasteiger partial charge in [-0.1, -0.05) is 41.5 Å². The summed E-state index contributed by atoms with van der Waals surface area (Å²) in [5.41, 5.74) is -0.186. The van der Waals surface area contributed by atoms with Crippen LogP contribution in [-0.2, 0) is 19.1 Å². The van der Waals surface area contributed by atoms with E-state index in [0.29, 0.717) is 12.8 Å². The Balaban J connectivity index is 2.56. The topological polar surface area (TPSA) is 52.6 Å². The van der Waals surface area contributed by atoms with Gasteiger partial charge in [0.25, 0.3) is 0 Å². The molecule has 1 saturated carbocycles. The van der Waals surface area contributed by atoms with Crippen LogP contribution in [0.15, 0.2) is 0 Å². The SMILES string of the molecule is CC(C)(C)CC(=O)OC1CCCCC1OC(=O)CC(C)(C)C. The molecular weight excluding hydrogens is 280 g/mol. The van der Waals surface area contributed by atoms with Gasteiger partial charge in [-0.15, -0.1) is 0 Å². The fourth-order valence-electron chi connectivity index (χ4n) is 2.62. The molecule has 1 fully saturated rings. The highest BCUT2D eigenvalue weighted by Gasteiger charge is 2.33. The Morgan fingerprint density at radius 3 is 1.36 bits per heavy atom. The summed E-state index contributed by atoms with van der Waals surface area (Å²) in [6.45, 7) is 12.1. The molecule has 128 valence electrons. The summed E-state index contributed by atoms with van der Waals surface area (Å²) in [5.74, 6) is -0.396. The third-order valence-corrected chi connectivity index (χ3v) is 3.56. The molecule has 0 aromatic rings. The van der Waals surface area contributed by atoms with Crippen molar-refractivity contribution in [3.05, 3.63) is 0 Å². The first kappa shape index (κ1) is 19.0. The highest BCUT2D eigenvalue weighted by molar-refractivity contribution is 5.71. The van der Waals surface area contributed by atoms with Crippen LogP contribution >= 0.6 is 0 Å². The first-order chi connectivity index (χ1) is 9.96. The molecule has 0 aromatic carbocycles. The number of ether oxygens (including phenoxy) is 2. The zero-order valence-corrected chi connectivity index (χ0v) is 15.0. The normalized spacial score (nSPS) is 23.0. The van der Waals surface area contributed by atoms with Crippen LogP contribution in [0.2, 0.25) is 0 Å². The molecule has 0 radical (unpaired) electrons. The van der Waals surface area contributed by atoms with Gasteiger partial charge in [0.05, 0.1) is 12.8 Å². The van der Waals surface area contributed by atoms with E-state index in [1.54, 1.807) is 0 Å². The second-order valence-electron chi connectivity index (χ2n) is 8.82. The molecule has 1 aliphatic rings. The summed E-state index contributed by atoms with van der Waals surface area (Å²) in [6, 6.07) is 0. The van der Waals surface area contributed by atoms with E-state index in [1.165, 1.54) is 0 Å². The van der Waals surface area contributed by atoms with Gasteiger partial charge >= 0.3 is 11.9 Å². The molecular formula is C18H32O4. The lowest BCUT2D eigenvalue weighted by Crippen LogP contribution is -2.38. The maximum atomic E-state index is 12.0. The van der Waals surface area contributed by atoms with E-state index in [9.17, 15) is 9.59 Å². The number of carbonyl (C=O) groups excluding carboxylic acids is 2. The van der Waals surface area contributed by atoms with Gasteiger partial charge in [-0.05, 0) is 36.5 Å². The van der Waals surface area contributed by atoms with Crippen molar-refractivity contribution in [1.82, 2.24) is 0 Å². The van der Waals surface area contributed by atoms with Crippen LogP contribution in [0, 0.1) is 10.8 Å². The standard InChI is InChI=1S/C18H32O4/c1-17(2,3)11-15(19)21-13-9-7-8-10-14(13)22-16(20)12-18(4,5)6/h13-14H,7-12H2,1-6H3. The Morgan fingerprint density at radius 2 is 1.09 bits per heavy atom. The first-order valence-corrected chi connectivity index (χ1v) is 8.35. The van der Waals surface area contributed by atoms with Gasteiger partial charge in [-0.25, -0.2) is 0 Å². The molecule has 4 nitrogen and oxygen atoms in total. The molecule has 2 unspecified atom stereocenters. The van der Waals surface area contributed by atoms with E-state index in [4.69, 9.17) is 9.47 Å². The van der Waals surface area contributed by atoms with E-state index in [2.05, 4.69) is 0 Å². The van der Waals surface area contributed by atoms with Gasteiger partial charge in [-0.3, -0.25) is 9.59 Å². The van der Waals surface area contributed by atoms with E-state index < -0.39 is 0 Å². The van der Waals surface area contributed by atoms with E-state index in [0.717, 1.165) is 25.7 Å². The maximum Gasteiger partial charge on any atom is 0.306 e. The van der Waals surface area contributed by atoms with Gasteiger partial charge in [-0.2, -0.15) is 0 Å². The molecule has 0 N–H and O–H groups in total. The van der Waals surface area contributed by atoms with Gasteiger partial charge in [0, 0.05) is 0 Å². The molecule has 0 aliphatic heterocycles. The third kappa shape index (κ3) is 7.81. The lowest BCUT2D eigenvalue weighted by Gasteiger charge is -2.32. The summed E-state index contributed by atoms with van der Waals surface area (Å²) in [5, 5.41) is 0. The Kier molecular flexibility index (Phi) is 6.45. The zero-order valence-electron chi connectivity index (χ0n) is 15.0. The predicted molar refractivity (Wildman–Crippen MR) is 86.4 cm³/mol. The molecule has 1 rings (SSSR count). The molecule has 2 atom stereocenters. The van der Waals surface area contributed by atoms with Crippen LogP contribution in [0.3, 0.4) is 0 Å². The zero-order chi connectivity index (χ0) is 17.0. The van der Waals surface area contributed by atoms with Crippen molar-refractivity contribution in [1.29, 1.82) is 0 Å². The Morgan fingerprint density at radius 1 is 0.773 bits per heavy atom. The van der Waals surface area contributed by atoms with Gasteiger partial charge in [0.1, 0.15) is 12.2 Å². The van der Waals surface area contributed by atoms with Gasteiger partial charge in [0.2, 0.25) is 0 Å². The van der Waals surface area contributed by atoms with Crippen LogP contribution in [0.4, 0.5) is 0 Å². The largest absolute Gasteiger partial charge is 0.458 e. The number of carbonyl (C=O) groups is 2. The minimum atomic E-state index is -0.285. The van der Waals surface area contributed by atoms with Crippen LogP contribution < -0.4 is 0 Å². The molecule has 0 spiro atoms. The van der Waals surface area contributed by atoms with Crippen molar-refractivity contribution in [2.45, 2.75) is 92.3 Å². The van der Waals surface area contributed by atoms with E-state index in [-0.39, 0.29) is 35.0 Å². The van der Waals surface area contributed by atoms with Crippen LogP contribution in [-0.4, -0.2) is 24.1 Å². The summed E-state index contributed by atoms with van der Waals surface area (Å²) >= 11 is 0. The minimum absolute atomic E-state index is 0.0931. The average molecular weight is 312 g/mol. The fourth-order valence-corrected chi connectivity index (χ4v) is 2.62. The van der Waals surface area contributed by atoms with Crippen molar-refractivity contribution in [3.63, 3.8) is 0 Å². The summed E-state index contributed by atoms with van der Waals surface area (Å²) < 4.78 is 11.2. The fraction of sp³-hybridized carbons (Fsp3) is 0.889. The van der Waals surface area contributed by atoms with Crippen molar-refractivity contribution in [2.24, 2.45) is 10.8 Å². The van der Waals surface area contributed by atoms with E-state index >= 15 is 0 Å².